The fourth-order valence-corrected chi connectivity index (χ4v) is 3.17. The molecule has 4 heteroatoms. The minimum Gasteiger partial charge on any atom is -0.472 e. The molecule has 0 radical (unpaired) electrons. The largest absolute Gasteiger partial charge is 0.472 e. The molecule has 0 saturated heterocycles. The number of fused-ring (bicyclic) bond motifs is 1. The monoisotopic (exact) mass is 275 g/mol. The first-order valence-corrected chi connectivity index (χ1v) is 7.37. The summed E-state index contributed by atoms with van der Waals surface area (Å²) in [6, 6.07) is 5.47. The number of hydrogen-bond donors (Lipinski definition) is 1. The van der Waals surface area contributed by atoms with Crippen molar-refractivity contribution in [2.75, 3.05) is 13.8 Å². The molecule has 108 valence electrons. The number of carbonyl (C=O) groups is 1. The minimum atomic E-state index is -0.445. The first-order valence-electron chi connectivity index (χ1n) is 7.37. The number of aliphatic hydroxyl groups excluding tert-OH is 1. The maximum absolute atomic E-state index is 12.0. The van der Waals surface area contributed by atoms with E-state index in [-0.39, 0.29) is 12.6 Å². The Morgan fingerprint density at radius 3 is 2.80 bits per heavy atom. The third-order valence-corrected chi connectivity index (χ3v) is 4.43. The second-order valence-electron chi connectivity index (χ2n) is 5.88. The van der Waals surface area contributed by atoms with E-state index in [2.05, 4.69) is 0 Å². The zero-order valence-corrected chi connectivity index (χ0v) is 11.8. The number of rotatable bonds is 2. The summed E-state index contributed by atoms with van der Waals surface area (Å²) in [5.74, 6) is 0.911. The zero-order chi connectivity index (χ0) is 14.1. The van der Waals surface area contributed by atoms with Gasteiger partial charge in [0.2, 0.25) is 0 Å². The van der Waals surface area contributed by atoms with Crippen molar-refractivity contribution in [3.05, 3.63) is 29.3 Å². The molecule has 1 saturated carbocycles. The van der Waals surface area contributed by atoms with E-state index >= 15 is 0 Å². The summed E-state index contributed by atoms with van der Waals surface area (Å²) in [7, 11) is 1.72. The lowest BCUT2D eigenvalue weighted by Gasteiger charge is -2.29. The highest BCUT2D eigenvalue weighted by atomic mass is 16.5. The summed E-state index contributed by atoms with van der Waals surface area (Å²) in [5.41, 5.74) is 1.45. The maximum atomic E-state index is 12.0. The highest BCUT2D eigenvalue weighted by Gasteiger charge is 2.27. The molecule has 2 aliphatic rings. The van der Waals surface area contributed by atoms with Gasteiger partial charge >= 0.3 is 0 Å². The predicted molar refractivity (Wildman–Crippen MR) is 75.6 cm³/mol. The molecule has 1 N–H and O–H groups in total. The number of carbonyl (C=O) groups excluding carboxylic acids is 1. The molecule has 1 fully saturated rings. The van der Waals surface area contributed by atoms with E-state index in [1.54, 1.807) is 18.0 Å². The maximum Gasteiger partial charge on any atom is 0.259 e. The van der Waals surface area contributed by atoms with Crippen molar-refractivity contribution < 1.29 is 14.6 Å². The fraction of sp³-hybridized carbons (Fsp3) is 0.562. The SMILES string of the molecule is CN1COc2cc(C(O)C3CCCCC3)ccc2C1=O. The van der Waals surface area contributed by atoms with E-state index in [1.807, 2.05) is 12.1 Å². The van der Waals surface area contributed by atoms with Crippen molar-refractivity contribution >= 4 is 5.91 Å². The Hall–Kier alpha value is -1.55. The summed E-state index contributed by atoms with van der Waals surface area (Å²) in [6.45, 7) is 0.273. The van der Waals surface area contributed by atoms with Crippen molar-refractivity contribution in [1.82, 2.24) is 4.90 Å². The van der Waals surface area contributed by atoms with Crippen LogP contribution in [-0.4, -0.2) is 29.7 Å². The van der Waals surface area contributed by atoms with Crippen molar-refractivity contribution in [3.8, 4) is 5.75 Å². The van der Waals surface area contributed by atoms with Crippen LogP contribution in [0, 0.1) is 5.92 Å². The molecule has 0 spiro atoms. The van der Waals surface area contributed by atoms with Gasteiger partial charge in [-0.3, -0.25) is 4.79 Å². The van der Waals surface area contributed by atoms with E-state index in [9.17, 15) is 9.90 Å². The molecule has 1 aromatic carbocycles. The lowest BCUT2D eigenvalue weighted by molar-refractivity contribution is 0.0589. The van der Waals surface area contributed by atoms with E-state index in [4.69, 9.17) is 4.74 Å². The smallest absolute Gasteiger partial charge is 0.259 e. The van der Waals surface area contributed by atoms with Crippen LogP contribution in [0.1, 0.15) is 54.1 Å². The molecule has 4 nitrogen and oxygen atoms in total. The van der Waals surface area contributed by atoms with Crippen LogP contribution in [0.3, 0.4) is 0 Å². The molecule has 1 unspecified atom stereocenters. The molecule has 1 amide bonds. The van der Waals surface area contributed by atoms with Gasteiger partial charge in [0.15, 0.2) is 6.73 Å². The fourth-order valence-electron chi connectivity index (χ4n) is 3.17. The Morgan fingerprint density at radius 1 is 1.30 bits per heavy atom. The standard InChI is InChI=1S/C16H21NO3/c1-17-10-20-14-9-12(7-8-13(14)16(17)19)15(18)11-5-3-2-4-6-11/h7-9,11,15,18H,2-6,10H2,1H3. The lowest BCUT2D eigenvalue weighted by Crippen LogP contribution is -2.35. The highest BCUT2D eigenvalue weighted by molar-refractivity contribution is 5.97. The topological polar surface area (TPSA) is 49.8 Å². The number of benzene rings is 1. The van der Waals surface area contributed by atoms with Crippen LogP contribution >= 0.6 is 0 Å². The van der Waals surface area contributed by atoms with E-state index in [0.717, 1.165) is 18.4 Å². The van der Waals surface area contributed by atoms with Crippen molar-refractivity contribution in [1.29, 1.82) is 0 Å². The van der Waals surface area contributed by atoms with E-state index in [1.165, 1.54) is 19.3 Å². The van der Waals surface area contributed by atoms with Gasteiger partial charge in [0, 0.05) is 7.05 Å². The van der Waals surface area contributed by atoms with Crippen LogP contribution in [0.5, 0.6) is 5.75 Å². The summed E-state index contributed by atoms with van der Waals surface area (Å²) in [6.07, 6.45) is 5.40. The van der Waals surface area contributed by atoms with Crippen molar-refractivity contribution in [2.24, 2.45) is 5.92 Å². The van der Waals surface area contributed by atoms with E-state index in [0.29, 0.717) is 17.2 Å². The molecule has 3 rings (SSSR count). The Labute approximate surface area is 119 Å². The van der Waals surface area contributed by atoms with Gasteiger partial charge in [-0.1, -0.05) is 25.3 Å². The zero-order valence-electron chi connectivity index (χ0n) is 11.8. The first kappa shape index (κ1) is 13.4. The second-order valence-corrected chi connectivity index (χ2v) is 5.88. The van der Waals surface area contributed by atoms with E-state index < -0.39 is 6.10 Å². The van der Waals surface area contributed by atoms with Gasteiger partial charge in [0.1, 0.15) is 5.75 Å². The lowest BCUT2D eigenvalue weighted by atomic mass is 9.82. The van der Waals surface area contributed by atoms with Crippen LogP contribution in [0.2, 0.25) is 0 Å². The predicted octanol–water partition coefficient (Wildman–Crippen LogP) is 2.72. The number of nitrogens with zero attached hydrogens (tertiary/aromatic N) is 1. The molecular weight excluding hydrogens is 254 g/mol. The van der Waals surface area contributed by atoms with Crippen LogP contribution in [-0.2, 0) is 0 Å². The van der Waals surface area contributed by atoms with Crippen molar-refractivity contribution in [3.63, 3.8) is 0 Å². The summed E-state index contributed by atoms with van der Waals surface area (Å²) < 4.78 is 5.58. The van der Waals surface area contributed by atoms with Crippen LogP contribution in [0.15, 0.2) is 18.2 Å². The minimum absolute atomic E-state index is 0.0232. The van der Waals surface area contributed by atoms with Crippen molar-refractivity contribution in [2.45, 2.75) is 38.2 Å². The van der Waals surface area contributed by atoms with Gasteiger partial charge in [-0.2, -0.15) is 0 Å². The second kappa shape index (κ2) is 5.44. The molecule has 1 heterocycles. The quantitative estimate of drug-likeness (QED) is 0.903. The van der Waals surface area contributed by atoms with Crippen LogP contribution < -0.4 is 4.74 Å². The average Bonchev–Trinajstić information content (AvgIpc) is 2.51. The summed E-state index contributed by atoms with van der Waals surface area (Å²) in [5, 5.41) is 10.5. The molecule has 0 aromatic heterocycles. The number of ether oxygens (including phenoxy) is 1. The van der Waals surface area contributed by atoms with Gasteiger partial charge in [-0.15, -0.1) is 0 Å². The van der Waals surface area contributed by atoms with Crippen LogP contribution in [0.25, 0.3) is 0 Å². The molecule has 0 bridgehead atoms. The summed E-state index contributed by atoms with van der Waals surface area (Å²) >= 11 is 0. The third-order valence-electron chi connectivity index (χ3n) is 4.43. The Balaban J connectivity index is 1.83. The average molecular weight is 275 g/mol. The highest BCUT2D eigenvalue weighted by Crippen LogP contribution is 2.36. The molecular formula is C16H21NO3. The Kier molecular flexibility index (Phi) is 3.66. The summed E-state index contributed by atoms with van der Waals surface area (Å²) in [4.78, 5) is 13.5. The Morgan fingerprint density at radius 2 is 2.05 bits per heavy atom. The molecule has 1 aliphatic heterocycles. The van der Waals surface area contributed by atoms with Gasteiger partial charge in [0.25, 0.3) is 5.91 Å². The number of amides is 1. The molecule has 1 atom stereocenters. The van der Waals surface area contributed by atoms with Gasteiger partial charge in [-0.05, 0) is 36.5 Å². The van der Waals surface area contributed by atoms with Gasteiger partial charge in [-0.25, -0.2) is 0 Å². The number of aliphatic hydroxyl groups is 1. The van der Waals surface area contributed by atoms with Gasteiger partial charge < -0.3 is 14.7 Å². The first-order chi connectivity index (χ1) is 9.66. The molecule has 20 heavy (non-hydrogen) atoms. The molecule has 1 aromatic rings. The number of hydrogen-bond acceptors (Lipinski definition) is 3. The normalized spacial score (nSPS) is 21.3. The van der Waals surface area contributed by atoms with Crippen LogP contribution in [0.4, 0.5) is 0 Å². The van der Waals surface area contributed by atoms with Gasteiger partial charge in [0.05, 0.1) is 11.7 Å². The Bertz CT molecular complexity index is 508. The molecule has 1 aliphatic carbocycles. The third kappa shape index (κ3) is 2.40.